The molecule has 1 fully saturated rings. The van der Waals surface area contributed by atoms with Crippen molar-refractivity contribution in [1.82, 2.24) is 20.8 Å². The van der Waals surface area contributed by atoms with E-state index in [1.807, 2.05) is 6.20 Å². The van der Waals surface area contributed by atoms with Gasteiger partial charge in [-0.1, -0.05) is 0 Å². The van der Waals surface area contributed by atoms with Crippen molar-refractivity contribution in [2.45, 2.75) is 44.6 Å². The van der Waals surface area contributed by atoms with Crippen LogP contribution in [0.15, 0.2) is 6.20 Å². The Kier molecular flexibility index (Phi) is 5.43. The zero-order chi connectivity index (χ0) is 13.1. The summed E-state index contributed by atoms with van der Waals surface area (Å²) in [5.41, 5.74) is 2.50. The molecule has 5 nitrogen and oxygen atoms in total. The Balaban J connectivity index is 0.00000147. The summed E-state index contributed by atoms with van der Waals surface area (Å²) in [7, 11) is 0. The fourth-order valence-corrected chi connectivity index (χ4v) is 3.14. The van der Waals surface area contributed by atoms with Gasteiger partial charge in [0.25, 0.3) is 0 Å². The Morgan fingerprint density at radius 1 is 1.45 bits per heavy atom. The molecule has 1 aliphatic heterocycles. The Morgan fingerprint density at radius 2 is 2.35 bits per heavy atom. The van der Waals surface area contributed by atoms with Crippen molar-refractivity contribution in [3.8, 4) is 0 Å². The molecule has 0 saturated carbocycles. The second kappa shape index (κ2) is 7.09. The molecular weight excluding hydrogens is 276 g/mol. The molecule has 2 atom stereocenters. The van der Waals surface area contributed by atoms with Crippen molar-refractivity contribution in [3.05, 3.63) is 17.5 Å². The van der Waals surface area contributed by atoms with Crippen LogP contribution in [0.5, 0.6) is 0 Å². The monoisotopic (exact) mass is 298 g/mol. The molecule has 3 rings (SSSR count). The summed E-state index contributed by atoms with van der Waals surface area (Å²) in [4.78, 5) is 12.0. The van der Waals surface area contributed by atoms with Gasteiger partial charge in [0.15, 0.2) is 0 Å². The second-order valence-corrected chi connectivity index (χ2v) is 5.78. The lowest BCUT2D eigenvalue weighted by molar-refractivity contribution is -0.122. The fourth-order valence-electron chi connectivity index (χ4n) is 3.14. The molecular formula is C14H23ClN4O. The topological polar surface area (TPSA) is 69.8 Å². The standard InChI is InChI=1S/C14H22N4O.ClH/c19-14(4-1-10-5-6-15-8-10)17-12-2-3-13-11(7-12)9-16-18-13;/h9-10,12,15H,1-8H2,(H,16,18)(H,17,19);1H. The highest BCUT2D eigenvalue weighted by Crippen LogP contribution is 2.19. The smallest absolute Gasteiger partial charge is 0.220 e. The normalized spacial score (nSPS) is 24.8. The fraction of sp³-hybridized carbons (Fsp3) is 0.714. The van der Waals surface area contributed by atoms with Crippen LogP contribution in [-0.4, -0.2) is 35.2 Å². The molecule has 6 heteroatoms. The maximum Gasteiger partial charge on any atom is 0.220 e. The van der Waals surface area contributed by atoms with Gasteiger partial charge in [0.05, 0.1) is 6.20 Å². The van der Waals surface area contributed by atoms with Crippen LogP contribution in [0.1, 0.15) is 36.9 Å². The number of hydrogen-bond acceptors (Lipinski definition) is 3. The lowest BCUT2D eigenvalue weighted by Gasteiger charge is -2.23. The minimum absolute atomic E-state index is 0. The van der Waals surface area contributed by atoms with Crippen LogP contribution in [0.3, 0.4) is 0 Å². The van der Waals surface area contributed by atoms with Crippen LogP contribution in [-0.2, 0) is 17.6 Å². The average molecular weight is 299 g/mol. The molecule has 1 amide bonds. The van der Waals surface area contributed by atoms with Gasteiger partial charge in [0, 0.05) is 18.2 Å². The van der Waals surface area contributed by atoms with Crippen molar-refractivity contribution >= 4 is 18.3 Å². The van der Waals surface area contributed by atoms with E-state index in [4.69, 9.17) is 0 Å². The first-order valence-corrected chi connectivity index (χ1v) is 7.32. The molecule has 2 unspecified atom stereocenters. The van der Waals surface area contributed by atoms with E-state index in [0.29, 0.717) is 18.4 Å². The van der Waals surface area contributed by atoms with Gasteiger partial charge < -0.3 is 10.6 Å². The van der Waals surface area contributed by atoms with Gasteiger partial charge in [-0.2, -0.15) is 5.10 Å². The number of carbonyl (C=O) groups is 1. The molecule has 0 aromatic carbocycles. The number of aryl methyl sites for hydroxylation is 1. The predicted molar refractivity (Wildman–Crippen MR) is 80.0 cm³/mol. The molecule has 2 aliphatic rings. The van der Waals surface area contributed by atoms with Gasteiger partial charge in [-0.25, -0.2) is 0 Å². The van der Waals surface area contributed by atoms with E-state index in [-0.39, 0.29) is 18.3 Å². The van der Waals surface area contributed by atoms with E-state index in [0.717, 1.165) is 38.8 Å². The Labute approximate surface area is 125 Å². The molecule has 3 N–H and O–H groups in total. The van der Waals surface area contributed by atoms with Crippen LogP contribution in [0.4, 0.5) is 0 Å². The second-order valence-electron chi connectivity index (χ2n) is 5.78. The van der Waals surface area contributed by atoms with E-state index >= 15 is 0 Å². The third kappa shape index (κ3) is 3.73. The third-order valence-electron chi connectivity index (χ3n) is 4.32. The molecule has 1 aromatic rings. The van der Waals surface area contributed by atoms with E-state index in [1.54, 1.807) is 0 Å². The van der Waals surface area contributed by atoms with Gasteiger partial charge in [-0.15, -0.1) is 12.4 Å². The summed E-state index contributed by atoms with van der Waals surface area (Å²) in [6, 6.07) is 0.291. The van der Waals surface area contributed by atoms with Gasteiger partial charge in [-0.05, 0) is 56.7 Å². The number of amides is 1. The SMILES string of the molecule is Cl.O=C(CCC1CCNC1)NC1CCc2[nH]ncc2C1. The van der Waals surface area contributed by atoms with Crippen LogP contribution in [0, 0.1) is 5.92 Å². The number of aromatic amines is 1. The Bertz CT molecular complexity index is 442. The van der Waals surface area contributed by atoms with Crippen molar-refractivity contribution in [2.75, 3.05) is 13.1 Å². The lowest BCUT2D eigenvalue weighted by atomic mass is 9.93. The number of aromatic nitrogens is 2. The summed E-state index contributed by atoms with van der Waals surface area (Å²) in [5.74, 6) is 0.904. The Hall–Kier alpha value is -1.07. The van der Waals surface area contributed by atoms with E-state index in [9.17, 15) is 4.79 Å². The van der Waals surface area contributed by atoms with Crippen LogP contribution in [0.2, 0.25) is 0 Å². The quantitative estimate of drug-likeness (QED) is 0.782. The molecule has 1 aromatic heterocycles. The largest absolute Gasteiger partial charge is 0.353 e. The highest BCUT2D eigenvalue weighted by Gasteiger charge is 2.22. The first-order valence-electron chi connectivity index (χ1n) is 7.32. The van der Waals surface area contributed by atoms with Crippen molar-refractivity contribution in [1.29, 1.82) is 0 Å². The third-order valence-corrected chi connectivity index (χ3v) is 4.32. The molecule has 1 aliphatic carbocycles. The number of hydrogen-bond donors (Lipinski definition) is 3. The number of carbonyl (C=O) groups excluding carboxylic acids is 1. The number of nitrogens with zero attached hydrogens (tertiary/aromatic N) is 1. The van der Waals surface area contributed by atoms with Crippen LogP contribution in [0.25, 0.3) is 0 Å². The van der Waals surface area contributed by atoms with E-state index in [1.165, 1.54) is 17.7 Å². The van der Waals surface area contributed by atoms with Crippen molar-refractivity contribution in [3.63, 3.8) is 0 Å². The maximum atomic E-state index is 12.0. The molecule has 1 saturated heterocycles. The van der Waals surface area contributed by atoms with Gasteiger partial charge in [0.2, 0.25) is 5.91 Å². The minimum atomic E-state index is 0. The summed E-state index contributed by atoms with van der Waals surface area (Å²) in [6.45, 7) is 2.19. The molecule has 0 radical (unpaired) electrons. The van der Waals surface area contributed by atoms with Gasteiger partial charge >= 0.3 is 0 Å². The number of H-pyrrole nitrogens is 1. The summed E-state index contributed by atoms with van der Waals surface area (Å²) >= 11 is 0. The molecule has 0 bridgehead atoms. The summed E-state index contributed by atoms with van der Waals surface area (Å²) < 4.78 is 0. The van der Waals surface area contributed by atoms with Crippen LogP contribution >= 0.6 is 12.4 Å². The number of nitrogens with one attached hydrogen (secondary N) is 3. The van der Waals surface area contributed by atoms with E-state index in [2.05, 4.69) is 20.8 Å². The number of rotatable bonds is 4. The predicted octanol–water partition coefficient (Wildman–Crippen LogP) is 1.19. The zero-order valence-electron chi connectivity index (χ0n) is 11.7. The highest BCUT2D eigenvalue weighted by molar-refractivity contribution is 5.85. The molecule has 20 heavy (non-hydrogen) atoms. The summed E-state index contributed by atoms with van der Waals surface area (Å²) in [5, 5.41) is 13.6. The first-order chi connectivity index (χ1) is 9.31. The van der Waals surface area contributed by atoms with Crippen molar-refractivity contribution < 1.29 is 4.79 Å². The highest BCUT2D eigenvalue weighted by atomic mass is 35.5. The van der Waals surface area contributed by atoms with Gasteiger partial charge in [-0.3, -0.25) is 9.89 Å². The molecule has 2 heterocycles. The minimum Gasteiger partial charge on any atom is -0.353 e. The summed E-state index contributed by atoms with van der Waals surface area (Å²) in [6.07, 6.45) is 7.72. The zero-order valence-corrected chi connectivity index (χ0v) is 12.5. The number of halogens is 1. The van der Waals surface area contributed by atoms with Crippen molar-refractivity contribution in [2.24, 2.45) is 5.92 Å². The average Bonchev–Trinajstić information content (AvgIpc) is 3.07. The first kappa shape index (κ1) is 15.3. The molecule has 112 valence electrons. The molecule has 0 spiro atoms. The lowest BCUT2D eigenvalue weighted by Crippen LogP contribution is -2.38. The van der Waals surface area contributed by atoms with Gasteiger partial charge in [0.1, 0.15) is 0 Å². The maximum absolute atomic E-state index is 12.0. The Morgan fingerprint density at radius 3 is 3.15 bits per heavy atom. The number of fused-ring (bicyclic) bond motifs is 1. The van der Waals surface area contributed by atoms with E-state index < -0.39 is 0 Å². The van der Waals surface area contributed by atoms with Crippen LogP contribution < -0.4 is 10.6 Å².